The largest absolute Gasteiger partial charge is 0.480 e. The molecular weight excluding hydrogens is 256 g/mol. The molecule has 20 heavy (non-hydrogen) atoms. The number of carbonyl (C=O) groups is 1. The molecule has 1 aromatic rings. The first-order valence-electron chi connectivity index (χ1n) is 7.31. The Hall–Kier alpha value is -1.40. The quantitative estimate of drug-likeness (QED) is 0.838. The lowest BCUT2D eigenvalue weighted by Crippen LogP contribution is -2.51. The van der Waals surface area contributed by atoms with E-state index in [1.165, 1.54) is 5.69 Å². The molecule has 0 spiro atoms. The molecule has 1 aromatic heterocycles. The molecule has 0 aromatic carbocycles. The van der Waals surface area contributed by atoms with Crippen LogP contribution < -0.4 is 0 Å². The van der Waals surface area contributed by atoms with E-state index in [0.29, 0.717) is 0 Å². The molecular formula is C14H24N4O2. The van der Waals surface area contributed by atoms with Gasteiger partial charge in [0, 0.05) is 45.5 Å². The Bertz CT molecular complexity index is 438. The van der Waals surface area contributed by atoms with Gasteiger partial charge in [-0.2, -0.15) is 5.10 Å². The van der Waals surface area contributed by atoms with E-state index in [-0.39, 0.29) is 6.04 Å². The van der Waals surface area contributed by atoms with Gasteiger partial charge in [-0.1, -0.05) is 6.92 Å². The summed E-state index contributed by atoms with van der Waals surface area (Å²) < 4.78 is 2.06. The predicted octanol–water partition coefficient (Wildman–Crippen LogP) is 0.884. The molecule has 2 heterocycles. The lowest BCUT2D eigenvalue weighted by molar-refractivity contribution is -0.143. The lowest BCUT2D eigenvalue weighted by Gasteiger charge is -2.36. The van der Waals surface area contributed by atoms with Crippen LogP contribution in [0.2, 0.25) is 0 Å². The van der Waals surface area contributed by atoms with Crippen molar-refractivity contribution < 1.29 is 9.90 Å². The molecule has 1 N–H and O–H groups in total. The Morgan fingerprint density at radius 3 is 2.70 bits per heavy atom. The topological polar surface area (TPSA) is 61.6 Å². The van der Waals surface area contributed by atoms with Gasteiger partial charge in [0.15, 0.2) is 0 Å². The standard InChI is InChI=1S/C14H24N4O2/c1-3-6-18-13(4-5-15-18)11-16-7-9-17(10-8-16)12(2)14(19)20/h4-5,12H,3,6-11H2,1-2H3,(H,19,20). The molecule has 1 aliphatic rings. The molecule has 1 aliphatic heterocycles. The van der Waals surface area contributed by atoms with Crippen molar-refractivity contribution in [1.29, 1.82) is 0 Å². The normalized spacial score (nSPS) is 19.1. The molecule has 1 atom stereocenters. The number of carboxylic acid groups (broad SMARTS) is 1. The van der Waals surface area contributed by atoms with E-state index >= 15 is 0 Å². The van der Waals surface area contributed by atoms with Crippen LogP contribution in [0.4, 0.5) is 0 Å². The Balaban J connectivity index is 1.85. The van der Waals surface area contributed by atoms with E-state index in [9.17, 15) is 4.79 Å². The fourth-order valence-corrected chi connectivity index (χ4v) is 2.60. The number of piperazine rings is 1. The number of aromatic nitrogens is 2. The summed E-state index contributed by atoms with van der Waals surface area (Å²) in [4.78, 5) is 15.4. The van der Waals surface area contributed by atoms with Crippen molar-refractivity contribution in [2.45, 2.75) is 39.4 Å². The van der Waals surface area contributed by atoms with Gasteiger partial charge in [0.25, 0.3) is 0 Å². The molecule has 0 bridgehead atoms. The first-order chi connectivity index (χ1) is 9.61. The zero-order chi connectivity index (χ0) is 14.5. The van der Waals surface area contributed by atoms with Gasteiger partial charge in [0.05, 0.1) is 5.69 Å². The number of carboxylic acids is 1. The molecule has 0 radical (unpaired) electrons. The third-order valence-electron chi connectivity index (χ3n) is 3.94. The summed E-state index contributed by atoms with van der Waals surface area (Å²) in [5.41, 5.74) is 1.24. The summed E-state index contributed by atoms with van der Waals surface area (Å²) in [6, 6.07) is 1.69. The molecule has 0 saturated carbocycles. The summed E-state index contributed by atoms with van der Waals surface area (Å²) in [5.74, 6) is -0.737. The van der Waals surface area contributed by atoms with Crippen molar-refractivity contribution in [2.75, 3.05) is 26.2 Å². The first-order valence-corrected chi connectivity index (χ1v) is 7.31. The Labute approximate surface area is 120 Å². The zero-order valence-electron chi connectivity index (χ0n) is 12.3. The molecule has 6 nitrogen and oxygen atoms in total. The van der Waals surface area contributed by atoms with Crippen LogP contribution in [0.15, 0.2) is 12.3 Å². The SMILES string of the molecule is CCCn1nccc1CN1CCN(C(C)C(=O)O)CC1. The minimum atomic E-state index is -0.737. The van der Waals surface area contributed by atoms with Crippen LogP contribution in [0.25, 0.3) is 0 Å². The highest BCUT2D eigenvalue weighted by Crippen LogP contribution is 2.11. The average Bonchev–Trinajstić information content (AvgIpc) is 2.86. The van der Waals surface area contributed by atoms with E-state index in [1.807, 2.05) is 11.1 Å². The van der Waals surface area contributed by atoms with Crippen molar-refractivity contribution in [2.24, 2.45) is 0 Å². The second-order valence-electron chi connectivity index (χ2n) is 5.37. The Morgan fingerprint density at radius 1 is 1.40 bits per heavy atom. The monoisotopic (exact) mass is 280 g/mol. The summed E-state index contributed by atoms with van der Waals surface area (Å²) in [7, 11) is 0. The van der Waals surface area contributed by atoms with Gasteiger partial charge >= 0.3 is 5.97 Å². The highest BCUT2D eigenvalue weighted by atomic mass is 16.4. The molecule has 0 aliphatic carbocycles. The summed E-state index contributed by atoms with van der Waals surface area (Å²) in [6.07, 6.45) is 2.94. The number of aryl methyl sites for hydroxylation is 1. The Morgan fingerprint density at radius 2 is 2.10 bits per heavy atom. The van der Waals surface area contributed by atoms with E-state index in [2.05, 4.69) is 27.7 Å². The molecule has 0 amide bonds. The van der Waals surface area contributed by atoms with Gasteiger partial charge in [-0.3, -0.25) is 19.3 Å². The number of hydrogen-bond acceptors (Lipinski definition) is 4. The molecule has 1 saturated heterocycles. The molecule has 2 rings (SSSR count). The van der Waals surface area contributed by atoms with Crippen LogP contribution in [0.1, 0.15) is 26.0 Å². The maximum Gasteiger partial charge on any atom is 0.320 e. The number of aliphatic carboxylic acids is 1. The number of hydrogen-bond donors (Lipinski definition) is 1. The fraction of sp³-hybridized carbons (Fsp3) is 0.714. The van der Waals surface area contributed by atoms with Crippen LogP contribution in [-0.2, 0) is 17.9 Å². The summed E-state index contributed by atoms with van der Waals surface area (Å²) >= 11 is 0. The lowest BCUT2D eigenvalue weighted by atomic mass is 10.2. The van der Waals surface area contributed by atoms with Crippen molar-refractivity contribution in [3.8, 4) is 0 Å². The Kier molecular flexibility index (Phi) is 5.14. The minimum Gasteiger partial charge on any atom is -0.480 e. The molecule has 6 heteroatoms. The van der Waals surface area contributed by atoms with Crippen molar-refractivity contribution >= 4 is 5.97 Å². The molecule has 112 valence electrons. The second-order valence-corrected chi connectivity index (χ2v) is 5.37. The average molecular weight is 280 g/mol. The number of nitrogens with zero attached hydrogens (tertiary/aromatic N) is 4. The van der Waals surface area contributed by atoms with Gasteiger partial charge in [-0.15, -0.1) is 0 Å². The maximum atomic E-state index is 11.0. The molecule has 1 unspecified atom stereocenters. The molecule has 1 fully saturated rings. The highest BCUT2D eigenvalue weighted by Gasteiger charge is 2.25. The second kappa shape index (κ2) is 6.85. The van der Waals surface area contributed by atoms with E-state index in [4.69, 9.17) is 5.11 Å². The van der Waals surface area contributed by atoms with Crippen LogP contribution in [0.5, 0.6) is 0 Å². The summed E-state index contributed by atoms with van der Waals surface area (Å²) in [6.45, 7) is 9.22. The van der Waals surface area contributed by atoms with Crippen LogP contribution >= 0.6 is 0 Å². The van der Waals surface area contributed by atoms with Crippen molar-refractivity contribution in [3.05, 3.63) is 18.0 Å². The smallest absolute Gasteiger partial charge is 0.320 e. The van der Waals surface area contributed by atoms with Crippen LogP contribution in [0.3, 0.4) is 0 Å². The van der Waals surface area contributed by atoms with Crippen LogP contribution in [-0.4, -0.2) is 62.9 Å². The first kappa shape index (κ1) is 15.0. The van der Waals surface area contributed by atoms with Gasteiger partial charge in [0.2, 0.25) is 0 Å². The third-order valence-corrected chi connectivity index (χ3v) is 3.94. The van der Waals surface area contributed by atoms with E-state index in [1.54, 1.807) is 6.92 Å². The zero-order valence-corrected chi connectivity index (χ0v) is 12.3. The van der Waals surface area contributed by atoms with Gasteiger partial charge in [-0.05, 0) is 19.4 Å². The fourth-order valence-electron chi connectivity index (χ4n) is 2.60. The van der Waals surface area contributed by atoms with Crippen molar-refractivity contribution in [1.82, 2.24) is 19.6 Å². The van der Waals surface area contributed by atoms with Gasteiger partial charge in [0.1, 0.15) is 6.04 Å². The van der Waals surface area contributed by atoms with Crippen molar-refractivity contribution in [3.63, 3.8) is 0 Å². The highest BCUT2D eigenvalue weighted by molar-refractivity contribution is 5.72. The summed E-state index contributed by atoms with van der Waals surface area (Å²) in [5, 5.41) is 13.4. The third kappa shape index (κ3) is 3.58. The predicted molar refractivity (Wildman–Crippen MR) is 76.5 cm³/mol. The minimum absolute atomic E-state index is 0.386. The van der Waals surface area contributed by atoms with Gasteiger partial charge < -0.3 is 5.11 Å². The van der Waals surface area contributed by atoms with E-state index < -0.39 is 5.97 Å². The van der Waals surface area contributed by atoms with Crippen LogP contribution in [0, 0.1) is 0 Å². The number of rotatable bonds is 6. The maximum absolute atomic E-state index is 11.0. The van der Waals surface area contributed by atoms with Gasteiger partial charge in [-0.25, -0.2) is 0 Å². The van der Waals surface area contributed by atoms with E-state index in [0.717, 1.165) is 45.7 Å².